The van der Waals surface area contributed by atoms with Gasteiger partial charge >= 0.3 is 11.9 Å². The highest BCUT2D eigenvalue weighted by Crippen LogP contribution is 2.18. The Morgan fingerprint density at radius 3 is 2.11 bits per heavy atom. The Balaban J connectivity index is 2.12. The molecule has 1 aromatic carbocycles. The van der Waals surface area contributed by atoms with Gasteiger partial charge in [0, 0.05) is 17.1 Å². The third-order valence-corrected chi connectivity index (χ3v) is 5.76. The Morgan fingerprint density at radius 1 is 0.919 bits per heavy atom. The van der Waals surface area contributed by atoms with Crippen LogP contribution in [0.1, 0.15) is 32.8 Å². The molecule has 13 heteroatoms. The van der Waals surface area contributed by atoms with Crippen molar-refractivity contribution in [2.75, 3.05) is 0 Å². The fraction of sp³-hybridized carbons (Fsp3) is 0.458. The molecule has 0 aliphatic heterocycles. The van der Waals surface area contributed by atoms with Crippen molar-refractivity contribution in [1.29, 1.82) is 0 Å². The molecule has 202 valence electrons. The number of para-hydroxylation sites is 1. The summed E-state index contributed by atoms with van der Waals surface area (Å²) in [5.41, 5.74) is 7.66. The molecule has 0 saturated carbocycles. The van der Waals surface area contributed by atoms with E-state index >= 15 is 0 Å². The average Bonchev–Trinajstić information content (AvgIpc) is 3.21. The third kappa shape index (κ3) is 8.02. The van der Waals surface area contributed by atoms with Crippen molar-refractivity contribution < 1.29 is 39.3 Å². The predicted molar refractivity (Wildman–Crippen MR) is 132 cm³/mol. The molecule has 0 spiro atoms. The molecular weight excluding hydrogens is 486 g/mol. The SMILES string of the molecule is CC(C)C(NC(=O)C(CC(=O)O)NC(=O)C(N)Cc1c[nH]c2ccccc12)C(=O)NC(C(=O)O)C(C)O. The Morgan fingerprint density at radius 2 is 1.54 bits per heavy atom. The highest BCUT2D eigenvalue weighted by atomic mass is 16.4. The minimum atomic E-state index is -1.62. The zero-order valence-corrected chi connectivity index (χ0v) is 20.7. The fourth-order valence-corrected chi connectivity index (χ4v) is 3.71. The van der Waals surface area contributed by atoms with Gasteiger partial charge in [0.15, 0.2) is 6.04 Å². The summed E-state index contributed by atoms with van der Waals surface area (Å²) in [7, 11) is 0. The van der Waals surface area contributed by atoms with Crippen LogP contribution in [0.4, 0.5) is 0 Å². The van der Waals surface area contributed by atoms with E-state index in [1.54, 1.807) is 20.0 Å². The summed E-state index contributed by atoms with van der Waals surface area (Å²) in [6.07, 6.45) is -0.370. The maximum absolute atomic E-state index is 12.9. The van der Waals surface area contributed by atoms with E-state index in [0.29, 0.717) is 0 Å². The first-order valence-electron chi connectivity index (χ1n) is 11.7. The van der Waals surface area contributed by atoms with Gasteiger partial charge in [-0.05, 0) is 30.9 Å². The summed E-state index contributed by atoms with van der Waals surface area (Å²) in [5.74, 6) is -6.02. The summed E-state index contributed by atoms with van der Waals surface area (Å²) in [4.78, 5) is 64.1. The van der Waals surface area contributed by atoms with Crippen molar-refractivity contribution in [3.05, 3.63) is 36.0 Å². The molecule has 13 nitrogen and oxygen atoms in total. The number of aliphatic carboxylic acids is 2. The molecule has 2 aromatic rings. The van der Waals surface area contributed by atoms with E-state index in [2.05, 4.69) is 20.9 Å². The van der Waals surface area contributed by atoms with Crippen LogP contribution in [0.3, 0.4) is 0 Å². The molecule has 0 bridgehead atoms. The number of hydrogen-bond donors (Lipinski definition) is 8. The number of carbonyl (C=O) groups excluding carboxylic acids is 3. The zero-order chi connectivity index (χ0) is 27.9. The lowest BCUT2D eigenvalue weighted by Crippen LogP contribution is -2.59. The number of carboxylic acid groups (broad SMARTS) is 2. The van der Waals surface area contributed by atoms with Gasteiger partial charge in [0.05, 0.1) is 18.6 Å². The van der Waals surface area contributed by atoms with Crippen LogP contribution in [0.5, 0.6) is 0 Å². The number of aliphatic hydroxyl groups excluding tert-OH is 1. The van der Waals surface area contributed by atoms with Crippen molar-refractivity contribution in [1.82, 2.24) is 20.9 Å². The van der Waals surface area contributed by atoms with Gasteiger partial charge in [-0.25, -0.2) is 4.79 Å². The van der Waals surface area contributed by atoms with Gasteiger partial charge in [-0.1, -0.05) is 32.0 Å². The maximum atomic E-state index is 12.9. The number of hydrogen-bond acceptors (Lipinski definition) is 7. The number of H-pyrrole nitrogens is 1. The second-order valence-electron chi connectivity index (χ2n) is 9.12. The van der Waals surface area contributed by atoms with Gasteiger partial charge in [-0.15, -0.1) is 0 Å². The van der Waals surface area contributed by atoms with Crippen molar-refractivity contribution in [3.8, 4) is 0 Å². The van der Waals surface area contributed by atoms with Gasteiger partial charge in [-0.2, -0.15) is 0 Å². The molecule has 37 heavy (non-hydrogen) atoms. The van der Waals surface area contributed by atoms with Crippen LogP contribution in [0, 0.1) is 5.92 Å². The number of fused-ring (bicyclic) bond motifs is 1. The van der Waals surface area contributed by atoms with Crippen molar-refractivity contribution in [2.24, 2.45) is 11.7 Å². The van der Waals surface area contributed by atoms with Crippen LogP contribution in [0.25, 0.3) is 10.9 Å². The molecular formula is C24H33N5O8. The Labute approximate surface area is 212 Å². The summed E-state index contributed by atoms with van der Waals surface area (Å²) < 4.78 is 0. The molecule has 0 saturated heterocycles. The zero-order valence-electron chi connectivity index (χ0n) is 20.7. The largest absolute Gasteiger partial charge is 0.481 e. The first kappa shape index (κ1) is 29.3. The molecule has 1 aromatic heterocycles. The Bertz CT molecular complexity index is 1150. The number of nitrogens with one attached hydrogen (secondary N) is 4. The van der Waals surface area contributed by atoms with E-state index in [4.69, 9.17) is 5.73 Å². The minimum Gasteiger partial charge on any atom is -0.481 e. The number of amides is 3. The first-order valence-corrected chi connectivity index (χ1v) is 11.7. The fourth-order valence-electron chi connectivity index (χ4n) is 3.71. The number of carboxylic acids is 2. The van der Waals surface area contributed by atoms with Gasteiger partial charge < -0.3 is 42.0 Å². The van der Waals surface area contributed by atoms with Crippen LogP contribution in [-0.2, 0) is 30.4 Å². The van der Waals surface area contributed by atoms with E-state index in [1.165, 1.54) is 6.92 Å². The molecule has 9 N–H and O–H groups in total. The van der Waals surface area contributed by atoms with Crippen LogP contribution >= 0.6 is 0 Å². The highest BCUT2D eigenvalue weighted by molar-refractivity contribution is 5.96. The summed E-state index contributed by atoms with van der Waals surface area (Å²) >= 11 is 0. The summed E-state index contributed by atoms with van der Waals surface area (Å²) in [6.45, 7) is 4.33. The predicted octanol–water partition coefficient (Wildman–Crippen LogP) is -0.912. The maximum Gasteiger partial charge on any atom is 0.328 e. The smallest absolute Gasteiger partial charge is 0.328 e. The number of aromatic nitrogens is 1. The normalized spacial score (nSPS) is 15.3. The number of benzene rings is 1. The monoisotopic (exact) mass is 519 g/mol. The number of carbonyl (C=O) groups is 5. The second-order valence-corrected chi connectivity index (χ2v) is 9.12. The first-order chi connectivity index (χ1) is 17.3. The van der Waals surface area contributed by atoms with Gasteiger partial charge in [0.2, 0.25) is 17.7 Å². The summed E-state index contributed by atoms with van der Waals surface area (Å²) in [5, 5.41) is 35.8. The lowest BCUT2D eigenvalue weighted by molar-refractivity contribution is -0.146. The molecule has 5 unspecified atom stereocenters. The molecule has 3 amide bonds. The molecule has 0 aliphatic rings. The average molecular weight is 520 g/mol. The van der Waals surface area contributed by atoms with Crippen LogP contribution in [0.2, 0.25) is 0 Å². The van der Waals surface area contributed by atoms with Crippen molar-refractivity contribution in [3.63, 3.8) is 0 Å². The number of aliphatic hydroxyl groups is 1. The third-order valence-electron chi connectivity index (χ3n) is 5.76. The van der Waals surface area contributed by atoms with Crippen molar-refractivity contribution >= 4 is 40.6 Å². The van der Waals surface area contributed by atoms with Crippen LogP contribution in [0.15, 0.2) is 30.5 Å². The minimum absolute atomic E-state index is 0.115. The topological polar surface area (TPSA) is 224 Å². The molecule has 1 heterocycles. The van der Waals surface area contributed by atoms with Crippen LogP contribution in [-0.4, -0.2) is 80.2 Å². The molecule has 0 aliphatic carbocycles. The van der Waals surface area contributed by atoms with Gasteiger partial charge in [-0.3, -0.25) is 19.2 Å². The molecule has 2 rings (SSSR count). The lowest BCUT2D eigenvalue weighted by Gasteiger charge is -2.27. The number of aromatic amines is 1. The van der Waals surface area contributed by atoms with Gasteiger partial charge in [0.25, 0.3) is 0 Å². The van der Waals surface area contributed by atoms with Crippen molar-refractivity contribution in [2.45, 2.75) is 63.9 Å². The number of rotatable bonds is 13. The number of nitrogens with two attached hydrogens (primary N) is 1. The van der Waals surface area contributed by atoms with E-state index in [-0.39, 0.29) is 6.42 Å². The Kier molecular flexibility index (Phi) is 10.1. The second kappa shape index (κ2) is 12.8. The van der Waals surface area contributed by atoms with E-state index in [9.17, 15) is 39.3 Å². The lowest BCUT2D eigenvalue weighted by atomic mass is 10.0. The van der Waals surface area contributed by atoms with E-state index in [1.807, 2.05) is 24.3 Å². The summed E-state index contributed by atoms with van der Waals surface area (Å²) in [6, 6.07) is 1.84. The Hall–Kier alpha value is -3.97. The van der Waals surface area contributed by atoms with E-state index in [0.717, 1.165) is 16.5 Å². The van der Waals surface area contributed by atoms with Gasteiger partial charge in [0.1, 0.15) is 12.1 Å². The van der Waals surface area contributed by atoms with E-state index < -0.39 is 72.3 Å². The standard InChI is InChI=1S/C24H33N5O8/c1-11(2)19(23(35)29-20(12(3)30)24(36)37)28-22(34)17(9-18(31)32)27-21(33)15(25)8-13-10-26-16-7-5-4-6-14(13)16/h4-7,10-12,15,17,19-20,26,30H,8-9,25H2,1-3H3,(H,27,33)(H,28,34)(H,29,35)(H,31,32)(H,36,37). The molecule has 5 atom stereocenters. The van der Waals surface area contributed by atoms with Crippen LogP contribution < -0.4 is 21.7 Å². The highest BCUT2D eigenvalue weighted by Gasteiger charge is 2.34. The quantitative estimate of drug-likeness (QED) is 0.164. The molecule has 0 fully saturated rings. The molecule has 0 radical (unpaired) electrons.